The summed E-state index contributed by atoms with van der Waals surface area (Å²) in [6.07, 6.45) is 3.52. The fourth-order valence-electron chi connectivity index (χ4n) is 4.12. The van der Waals surface area contributed by atoms with E-state index in [9.17, 15) is 14.4 Å². The van der Waals surface area contributed by atoms with Crippen molar-refractivity contribution in [2.45, 2.75) is 52.5 Å². The maximum atomic E-state index is 12.5. The van der Waals surface area contributed by atoms with E-state index in [1.165, 1.54) is 4.90 Å². The average molecular weight is 342 g/mol. The normalized spacial score (nSPS) is 24.2. The highest BCUT2D eigenvalue weighted by atomic mass is 16.2. The molecule has 1 heterocycles. The summed E-state index contributed by atoms with van der Waals surface area (Å²) in [5.41, 5.74) is 3.30. The van der Waals surface area contributed by atoms with Gasteiger partial charge in [0.1, 0.15) is 6.54 Å². The van der Waals surface area contributed by atoms with Crippen molar-refractivity contribution in [2.24, 2.45) is 11.8 Å². The number of hydrogen-bond acceptors (Lipinski definition) is 3. The maximum absolute atomic E-state index is 12.5. The first kappa shape index (κ1) is 17.6. The van der Waals surface area contributed by atoms with Crippen molar-refractivity contribution >= 4 is 17.7 Å². The van der Waals surface area contributed by atoms with Crippen LogP contribution in [0.3, 0.4) is 0 Å². The van der Waals surface area contributed by atoms with Crippen LogP contribution in [0.25, 0.3) is 0 Å². The minimum absolute atomic E-state index is 0.163. The van der Waals surface area contributed by atoms with Crippen molar-refractivity contribution in [1.82, 2.24) is 10.2 Å². The molecule has 0 aromatic heterocycles. The molecule has 2 fully saturated rings. The molecule has 1 aromatic carbocycles. The number of benzene rings is 1. The topological polar surface area (TPSA) is 66.5 Å². The molecule has 5 heteroatoms. The summed E-state index contributed by atoms with van der Waals surface area (Å²) in [6, 6.07) is 5.96. The SMILES string of the molecule is Cc1ccc(C)c(C(C)NC(=O)CN2C(=O)C3CCCCC3C2=O)c1. The van der Waals surface area contributed by atoms with Gasteiger partial charge in [0, 0.05) is 0 Å². The second kappa shape index (κ2) is 6.98. The lowest BCUT2D eigenvalue weighted by atomic mass is 9.81. The number of fused-ring (bicyclic) bond motifs is 1. The van der Waals surface area contributed by atoms with Crippen molar-refractivity contribution in [3.05, 3.63) is 34.9 Å². The molecule has 1 N–H and O–H groups in total. The lowest BCUT2D eigenvalue weighted by Gasteiger charge is -2.20. The summed E-state index contributed by atoms with van der Waals surface area (Å²) < 4.78 is 0. The Hall–Kier alpha value is -2.17. The smallest absolute Gasteiger partial charge is 0.240 e. The molecule has 1 saturated heterocycles. The van der Waals surface area contributed by atoms with E-state index in [1.54, 1.807) is 0 Å². The third kappa shape index (κ3) is 3.46. The van der Waals surface area contributed by atoms with Crippen LogP contribution in [0.4, 0.5) is 0 Å². The molecule has 2 aliphatic rings. The van der Waals surface area contributed by atoms with Crippen LogP contribution >= 0.6 is 0 Å². The van der Waals surface area contributed by atoms with Gasteiger partial charge >= 0.3 is 0 Å². The average Bonchev–Trinajstić information content (AvgIpc) is 2.82. The van der Waals surface area contributed by atoms with Crippen LogP contribution < -0.4 is 5.32 Å². The standard InChI is InChI=1S/C20H26N2O3/c1-12-8-9-13(2)17(10-12)14(3)21-18(23)11-22-19(24)15-6-4-5-7-16(15)20(22)25/h8-10,14-16H,4-7,11H2,1-3H3,(H,21,23). The van der Waals surface area contributed by atoms with Crippen molar-refractivity contribution in [1.29, 1.82) is 0 Å². The van der Waals surface area contributed by atoms with Crippen LogP contribution in [0.1, 0.15) is 55.3 Å². The Morgan fingerprint density at radius 3 is 2.36 bits per heavy atom. The Bertz CT molecular complexity index is 689. The van der Waals surface area contributed by atoms with E-state index in [0.29, 0.717) is 0 Å². The predicted molar refractivity (Wildman–Crippen MR) is 94.6 cm³/mol. The molecule has 1 aromatic rings. The molecule has 5 nitrogen and oxygen atoms in total. The van der Waals surface area contributed by atoms with Crippen LogP contribution in [-0.4, -0.2) is 29.2 Å². The number of hydrogen-bond donors (Lipinski definition) is 1. The Kier molecular flexibility index (Phi) is 4.93. The van der Waals surface area contributed by atoms with Crippen LogP contribution in [0.2, 0.25) is 0 Å². The van der Waals surface area contributed by atoms with Gasteiger partial charge in [0.05, 0.1) is 17.9 Å². The van der Waals surface area contributed by atoms with E-state index in [-0.39, 0.29) is 42.1 Å². The number of carbonyl (C=O) groups is 3. The summed E-state index contributed by atoms with van der Waals surface area (Å²) in [7, 11) is 0. The molecule has 0 radical (unpaired) electrons. The van der Waals surface area contributed by atoms with Crippen molar-refractivity contribution in [3.63, 3.8) is 0 Å². The molecule has 0 spiro atoms. The highest BCUT2D eigenvalue weighted by Crippen LogP contribution is 2.37. The summed E-state index contributed by atoms with van der Waals surface area (Å²) in [4.78, 5) is 38.5. The predicted octanol–water partition coefficient (Wildman–Crippen LogP) is 2.66. The molecule has 0 bridgehead atoms. The Morgan fingerprint density at radius 2 is 1.76 bits per heavy atom. The zero-order valence-corrected chi connectivity index (χ0v) is 15.2. The van der Waals surface area contributed by atoms with E-state index in [0.717, 1.165) is 42.4 Å². The first-order valence-corrected chi connectivity index (χ1v) is 9.10. The van der Waals surface area contributed by atoms with Crippen molar-refractivity contribution in [2.75, 3.05) is 6.54 Å². The van der Waals surface area contributed by atoms with Crippen LogP contribution in [0, 0.1) is 25.7 Å². The molecule has 134 valence electrons. The van der Waals surface area contributed by atoms with Gasteiger partial charge in [-0.3, -0.25) is 19.3 Å². The first-order chi connectivity index (χ1) is 11.9. The van der Waals surface area contributed by atoms with Gasteiger partial charge in [-0.05, 0) is 44.7 Å². The highest BCUT2D eigenvalue weighted by Gasteiger charge is 2.48. The monoisotopic (exact) mass is 342 g/mol. The van der Waals surface area contributed by atoms with E-state index >= 15 is 0 Å². The van der Waals surface area contributed by atoms with Gasteiger partial charge in [0.15, 0.2) is 0 Å². The zero-order chi connectivity index (χ0) is 18.1. The second-order valence-electron chi connectivity index (χ2n) is 7.41. The van der Waals surface area contributed by atoms with Gasteiger partial charge in [0.2, 0.25) is 17.7 Å². The molecule has 1 aliphatic heterocycles. The Balaban J connectivity index is 1.65. The number of carbonyl (C=O) groups excluding carboxylic acids is 3. The fourth-order valence-corrected chi connectivity index (χ4v) is 4.12. The number of imide groups is 1. The molecule has 3 atom stereocenters. The molecular weight excluding hydrogens is 316 g/mol. The second-order valence-corrected chi connectivity index (χ2v) is 7.41. The van der Waals surface area contributed by atoms with Gasteiger partial charge in [-0.25, -0.2) is 0 Å². The first-order valence-electron chi connectivity index (χ1n) is 9.10. The van der Waals surface area contributed by atoms with Crippen LogP contribution in [0.5, 0.6) is 0 Å². The van der Waals surface area contributed by atoms with Gasteiger partial charge in [-0.15, -0.1) is 0 Å². The fraction of sp³-hybridized carbons (Fsp3) is 0.550. The zero-order valence-electron chi connectivity index (χ0n) is 15.2. The third-order valence-corrected chi connectivity index (χ3v) is 5.51. The lowest BCUT2D eigenvalue weighted by molar-refractivity contribution is -0.143. The third-order valence-electron chi connectivity index (χ3n) is 5.51. The summed E-state index contributed by atoms with van der Waals surface area (Å²) in [6.45, 7) is 5.78. The molecule has 3 unspecified atom stereocenters. The molecular formula is C20H26N2O3. The van der Waals surface area contributed by atoms with Crippen LogP contribution in [-0.2, 0) is 14.4 Å². The highest BCUT2D eigenvalue weighted by molar-refractivity contribution is 6.07. The Labute approximate surface area is 148 Å². The van der Waals surface area contributed by atoms with E-state index in [4.69, 9.17) is 0 Å². The van der Waals surface area contributed by atoms with Gasteiger partial charge in [0.25, 0.3) is 0 Å². The van der Waals surface area contributed by atoms with E-state index in [2.05, 4.69) is 11.4 Å². The summed E-state index contributed by atoms with van der Waals surface area (Å²) in [5.74, 6) is -1.02. The van der Waals surface area contributed by atoms with E-state index in [1.807, 2.05) is 32.9 Å². The minimum Gasteiger partial charge on any atom is -0.348 e. The van der Waals surface area contributed by atoms with Crippen LogP contribution in [0.15, 0.2) is 18.2 Å². The van der Waals surface area contributed by atoms with Gasteiger partial charge in [-0.1, -0.05) is 36.6 Å². The van der Waals surface area contributed by atoms with Gasteiger partial charge < -0.3 is 5.32 Å². The van der Waals surface area contributed by atoms with E-state index < -0.39 is 0 Å². The molecule has 1 saturated carbocycles. The molecule has 3 amide bonds. The quantitative estimate of drug-likeness (QED) is 0.856. The van der Waals surface area contributed by atoms with Crippen molar-refractivity contribution in [3.8, 4) is 0 Å². The number of aryl methyl sites for hydroxylation is 2. The van der Waals surface area contributed by atoms with Gasteiger partial charge in [-0.2, -0.15) is 0 Å². The number of rotatable bonds is 4. The number of nitrogens with one attached hydrogen (secondary N) is 1. The molecule has 3 rings (SSSR count). The summed E-state index contributed by atoms with van der Waals surface area (Å²) in [5, 5.41) is 2.93. The largest absolute Gasteiger partial charge is 0.348 e. The maximum Gasteiger partial charge on any atom is 0.240 e. The molecule has 1 aliphatic carbocycles. The minimum atomic E-state index is -0.284. The van der Waals surface area contributed by atoms with Crippen molar-refractivity contribution < 1.29 is 14.4 Å². The Morgan fingerprint density at radius 1 is 1.16 bits per heavy atom. The lowest BCUT2D eigenvalue weighted by Crippen LogP contribution is -2.41. The number of likely N-dealkylation sites (tertiary alicyclic amines) is 1. The number of amides is 3. The summed E-state index contributed by atoms with van der Waals surface area (Å²) >= 11 is 0. The molecule has 25 heavy (non-hydrogen) atoms. The number of nitrogens with zero attached hydrogens (tertiary/aromatic N) is 1.